The Hall–Kier alpha value is -3.35. The average Bonchev–Trinajstić information content (AvgIpc) is 3.28. The fourth-order valence-corrected chi connectivity index (χ4v) is 3.40. The minimum Gasteiger partial charge on any atom is -0.493 e. The first-order valence-electron chi connectivity index (χ1n) is 9.15. The van der Waals surface area contributed by atoms with Crippen LogP contribution in [0.2, 0.25) is 0 Å². The predicted molar refractivity (Wildman–Crippen MR) is 104 cm³/mol. The van der Waals surface area contributed by atoms with E-state index < -0.39 is 0 Å². The number of nitrogens with one attached hydrogen (secondary N) is 2. The Morgan fingerprint density at radius 3 is 2.82 bits per heavy atom. The van der Waals surface area contributed by atoms with Crippen molar-refractivity contribution < 1.29 is 13.9 Å². The van der Waals surface area contributed by atoms with E-state index >= 15 is 0 Å². The fourth-order valence-electron chi connectivity index (χ4n) is 3.40. The van der Waals surface area contributed by atoms with Crippen LogP contribution in [0.4, 0.5) is 14.9 Å². The Balaban J connectivity index is 1.44. The van der Waals surface area contributed by atoms with Gasteiger partial charge in [0.1, 0.15) is 11.6 Å². The molecule has 0 saturated carbocycles. The number of hydrogen-bond donors (Lipinski definition) is 2. The quantitative estimate of drug-likeness (QED) is 0.715. The van der Waals surface area contributed by atoms with Gasteiger partial charge < -0.3 is 15.4 Å². The number of carbonyl (C=O) groups is 1. The molecule has 144 valence electrons. The molecule has 1 aromatic heterocycles. The lowest BCUT2D eigenvalue weighted by molar-refractivity contribution is 0.249. The highest BCUT2D eigenvalue weighted by Crippen LogP contribution is 2.28. The molecule has 0 bridgehead atoms. The van der Waals surface area contributed by atoms with E-state index in [2.05, 4.69) is 15.7 Å². The Morgan fingerprint density at radius 2 is 2.04 bits per heavy atom. The first kappa shape index (κ1) is 18.0. The molecule has 0 spiro atoms. The summed E-state index contributed by atoms with van der Waals surface area (Å²) >= 11 is 0. The van der Waals surface area contributed by atoms with Gasteiger partial charge in [-0.2, -0.15) is 5.10 Å². The first-order chi connectivity index (χ1) is 13.5. The van der Waals surface area contributed by atoms with Crippen molar-refractivity contribution in [1.29, 1.82) is 0 Å². The highest BCUT2D eigenvalue weighted by Gasteiger charge is 2.17. The lowest BCUT2D eigenvalue weighted by atomic mass is 10.1. The molecule has 1 atom stereocenters. The molecule has 2 N–H and O–H groups in total. The van der Waals surface area contributed by atoms with E-state index in [1.807, 2.05) is 32.0 Å². The number of fused-ring (bicyclic) bond motifs is 1. The van der Waals surface area contributed by atoms with Gasteiger partial charge in [0.25, 0.3) is 0 Å². The van der Waals surface area contributed by atoms with Crippen LogP contribution in [-0.2, 0) is 6.42 Å². The van der Waals surface area contributed by atoms with Gasteiger partial charge in [0.15, 0.2) is 0 Å². The molecule has 1 aliphatic heterocycles. The largest absolute Gasteiger partial charge is 0.493 e. The molecule has 4 rings (SSSR count). The van der Waals surface area contributed by atoms with Crippen molar-refractivity contribution >= 4 is 11.7 Å². The summed E-state index contributed by atoms with van der Waals surface area (Å²) in [6.07, 6.45) is 2.57. The second-order valence-electron chi connectivity index (χ2n) is 6.81. The van der Waals surface area contributed by atoms with Crippen molar-refractivity contribution in [1.82, 2.24) is 15.1 Å². The van der Waals surface area contributed by atoms with E-state index in [1.165, 1.54) is 12.1 Å². The predicted octanol–water partition coefficient (Wildman–Crippen LogP) is 4.14. The molecule has 0 aliphatic carbocycles. The molecule has 28 heavy (non-hydrogen) atoms. The minimum absolute atomic E-state index is 0.244. The number of aromatic nitrogens is 2. The Bertz CT molecular complexity index is 1010. The maximum atomic E-state index is 13.1. The molecule has 2 heterocycles. The van der Waals surface area contributed by atoms with Crippen molar-refractivity contribution in [3.05, 3.63) is 71.3 Å². The zero-order valence-corrected chi connectivity index (χ0v) is 15.7. The van der Waals surface area contributed by atoms with Crippen molar-refractivity contribution in [2.24, 2.45) is 0 Å². The number of benzene rings is 2. The summed E-state index contributed by atoms with van der Waals surface area (Å²) in [7, 11) is 0. The highest BCUT2D eigenvalue weighted by molar-refractivity contribution is 5.89. The van der Waals surface area contributed by atoms with Gasteiger partial charge in [-0.25, -0.2) is 13.9 Å². The van der Waals surface area contributed by atoms with E-state index in [0.717, 1.165) is 40.4 Å². The third-order valence-electron chi connectivity index (χ3n) is 4.88. The second-order valence-corrected chi connectivity index (χ2v) is 6.81. The van der Waals surface area contributed by atoms with Gasteiger partial charge in [-0.3, -0.25) is 0 Å². The molecule has 1 aliphatic rings. The molecule has 3 aromatic rings. The molecule has 0 fully saturated rings. The van der Waals surface area contributed by atoms with Crippen molar-refractivity contribution in [2.75, 3.05) is 11.9 Å². The average molecular weight is 380 g/mol. The molecule has 2 amide bonds. The summed E-state index contributed by atoms with van der Waals surface area (Å²) in [5.74, 6) is 0.585. The standard InChI is InChI=1S/C21H21FN4O2/c1-13(19-12-23-26(14(19)2)18-6-3-16(22)4-7-18)24-21(27)25-17-5-8-20-15(11-17)9-10-28-20/h3-8,11-13H,9-10H2,1-2H3,(H2,24,25,27). The molecule has 2 aromatic carbocycles. The van der Waals surface area contributed by atoms with Crippen molar-refractivity contribution in [3.8, 4) is 11.4 Å². The lowest BCUT2D eigenvalue weighted by Crippen LogP contribution is -2.31. The Labute approximate surface area is 162 Å². The lowest BCUT2D eigenvalue weighted by Gasteiger charge is -2.15. The maximum Gasteiger partial charge on any atom is 0.319 e. The fraction of sp³-hybridized carbons (Fsp3) is 0.238. The van der Waals surface area contributed by atoms with E-state index in [0.29, 0.717) is 6.61 Å². The number of carbonyl (C=O) groups excluding carboxylic acids is 1. The first-order valence-corrected chi connectivity index (χ1v) is 9.15. The van der Waals surface area contributed by atoms with Gasteiger partial charge in [0.2, 0.25) is 0 Å². The SMILES string of the molecule is Cc1c(C(C)NC(=O)Nc2ccc3c(c2)CCO3)cnn1-c1ccc(F)cc1. The molecule has 0 radical (unpaired) electrons. The summed E-state index contributed by atoms with van der Waals surface area (Å²) in [6.45, 7) is 4.50. The van der Waals surface area contributed by atoms with E-state index in [1.54, 1.807) is 23.0 Å². The number of amides is 2. The van der Waals surface area contributed by atoms with Crippen molar-refractivity contribution in [3.63, 3.8) is 0 Å². The third-order valence-corrected chi connectivity index (χ3v) is 4.88. The van der Waals surface area contributed by atoms with Crippen LogP contribution in [0.25, 0.3) is 5.69 Å². The second kappa shape index (κ2) is 7.34. The van der Waals surface area contributed by atoms with E-state index in [9.17, 15) is 9.18 Å². The van der Waals surface area contributed by atoms with Crippen LogP contribution in [0.3, 0.4) is 0 Å². The van der Waals surface area contributed by atoms with Gasteiger partial charge in [0, 0.05) is 23.4 Å². The normalized spacial score (nSPS) is 13.5. The van der Waals surface area contributed by atoms with Crippen LogP contribution in [0.15, 0.2) is 48.7 Å². The van der Waals surface area contributed by atoms with Crippen LogP contribution in [0.5, 0.6) is 5.75 Å². The molecule has 6 nitrogen and oxygen atoms in total. The molecule has 1 unspecified atom stereocenters. The smallest absolute Gasteiger partial charge is 0.319 e. The molecule has 0 saturated heterocycles. The number of urea groups is 1. The van der Waals surface area contributed by atoms with Crippen LogP contribution in [0.1, 0.15) is 29.8 Å². The Kier molecular flexibility index (Phi) is 4.73. The highest BCUT2D eigenvalue weighted by atomic mass is 19.1. The molecule has 7 heteroatoms. The number of halogens is 1. The van der Waals surface area contributed by atoms with Crippen LogP contribution in [-0.4, -0.2) is 22.4 Å². The summed E-state index contributed by atoms with van der Waals surface area (Å²) in [4.78, 5) is 12.4. The van der Waals surface area contributed by atoms with Gasteiger partial charge in [-0.05, 0) is 61.9 Å². The van der Waals surface area contributed by atoms with Crippen LogP contribution >= 0.6 is 0 Å². The molecular formula is C21H21FN4O2. The summed E-state index contributed by atoms with van der Waals surface area (Å²) in [6, 6.07) is 11.2. The summed E-state index contributed by atoms with van der Waals surface area (Å²) in [5.41, 5.74) is 4.37. The topological polar surface area (TPSA) is 68.2 Å². The Morgan fingerprint density at radius 1 is 1.25 bits per heavy atom. The number of anilines is 1. The van der Waals surface area contributed by atoms with Gasteiger partial charge >= 0.3 is 6.03 Å². The van der Waals surface area contributed by atoms with Crippen LogP contribution in [0, 0.1) is 12.7 Å². The van der Waals surface area contributed by atoms with Gasteiger partial charge in [-0.1, -0.05) is 0 Å². The number of nitrogens with zero attached hydrogens (tertiary/aromatic N) is 2. The number of hydrogen-bond acceptors (Lipinski definition) is 3. The maximum absolute atomic E-state index is 13.1. The van der Waals surface area contributed by atoms with Crippen molar-refractivity contribution in [2.45, 2.75) is 26.3 Å². The van der Waals surface area contributed by atoms with Gasteiger partial charge in [0.05, 0.1) is 24.5 Å². The number of rotatable bonds is 4. The number of ether oxygens (including phenoxy) is 1. The zero-order valence-electron chi connectivity index (χ0n) is 15.7. The molecular weight excluding hydrogens is 359 g/mol. The monoisotopic (exact) mass is 380 g/mol. The summed E-state index contributed by atoms with van der Waals surface area (Å²) < 4.78 is 20.3. The van der Waals surface area contributed by atoms with Gasteiger partial charge in [-0.15, -0.1) is 0 Å². The minimum atomic E-state index is -0.293. The zero-order chi connectivity index (χ0) is 19.7. The third kappa shape index (κ3) is 3.55. The van der Waals surface area contributed by atoms with E-state index in [4.69, 9.17) is 4.74 Å². The van der Waals surface area contributed by atoms with Crippen LogP contribution < -0.4 is 15.4 Å². The van der Waals surface area contributed by atoms with E-state index in [-0.39, 0.29) is 17.9 Å². The summed E-state index contributed by atoms with van der Waals surface area (Å²) in [5, 5.41) is 10.2.